The minimum atomic E-state index is -0.159. The molecule has 0 bridgehead atoms. The van der Waals surface area contributed by atoms with Gasteiger partial charge in [0.15, 0.2) is 0 Å². The van der Waals surface area contributed by atoms with Crippen molar-refractivity contribution in [3.63, 3.8) is 0 Å². The summed E-state index contributed by atoms with van der Waals surface area (Å²) in [5.41, 5.74) is 8.91. The molecule has 0 aliphatic rings. The van der Waals surface area contributed by atoms with Gasteiger partial charge >= 0.3 is 0 Å². The summed E-state index contributed by atoms with van der Waals surface area (Å²) in [5, 5.41) is 0.718. The summed E-state index contributed by atoms with van der Waals surface area (Å²) in [5.74, 6) is 0. The molecule has 1 rings (SSSR count). The Bertz CT molecular complexity index is 331. The maximum atomic E-state index is 6.05. The lowest BCUT2D eigenvalue weighted by atomic mass is 10.0. The molecule has 70 valence electrons. The number of halogens is 1. The van der Waals surface area contributed by atoms with Crippen molar-refractivity contribution < 1.29 is 0 Å². The highest BCUT2D eigenvalue weighted by Crippen LogP contribution is 2.26. The van der Waals surface area contributed by atoms with Crippen molar-refractivity contribution in [3.05, 3.63) is 46.5 Å². The third-order valence-corrected chi connectivity index (χ3v) is 2.35. The molecule has 0 aliphatic carbocycles. The monoisotopic (exact) mass is 195 g/mol. The third-order valence-electron chi connectivity index (χ3n) is 2.02. The van der Waals surface area contributed by atoms with Gasteiger partial charge in [-0.25, -0.2) is 0 Å². The average molecular weight is 196 g/mol. The molecule has 0 heterocycles. The number of rotatable bonds is 2. The van der Waals surface area contributed by atoms with E-state index in [4.69, 9.17) is 17.3 Å². The van der Waals surface area contributed by atoms with Crippen molar-refractivity contribution in [1.82, 2.24) is 0 Å². The lowest BCUT2D eigenvalue weighted by Gasteiger charge is -2.13. The van der Waals surface area contributed by atoms with E-state index >= 15 is 0 Å². The minimum absolute atomic E-state index is 0.159. The number of nitrogens with two attached hydrogens (primary N) is 1. The van der Waals surface area contributed by atoms with Crippen LogP contribution in [0.4, 0.5) is 0 Å². The first kappa shape index (κ1) is 10.3. The zero-order chi connectivity index (χ0) is 10.0. The Hall–Kier alpha value is -0.790. The summed E-state index contributed by atoms with van der Waals surface area (Å²) >= 11 is 6.05. The average Bonchev–Trinajstić information content (AvgIpc) is 2.03. The van der Waals surface area contributed by atoms with E-state index in [0.29, 0.717) is 0 Å². The normalized spacial score (nSPS) is 12.6. The van der Waals surface area contributed by atoms with Gasteiger partial charge in [0.1, 0.15) is 0 Å². The fraction of sp³-hybridized carbons (Fsp3) is 0.273. The van der Waals surface area contributed by atoms with Gasteiger partial charge in [0.2, 0.25) is 0 Å². The summed E-state index contributed by atoms with van der Waals surface area (Å²) in [6.45, 7) is 7.72. The number of aryl methyl sites for hydroxylation is 1. The molecule has 2 N–H and O–H groups in total. The Labute approximate surface area is 84.2 Å². The Morgan fingerprint density at radius 1 is 1.54 bits per heavy atom. The van der Waals surface area contributed by atoms with E-state index in [9.17, 15) is 0 Å². The van der Waals surface area contributed by atoms with Crippen molar-refractivity contribution in [2.45, 2.75) is 19.9 Å². The topological polar surface area (TPSA) is 26.0 Å². The molecule has 1 atom stereocenters. The quantitative estimate of drug-likeness (QED) is 0.721. The Kier molecular flexibility index (Phi) is 3.12. The molecular formula is C11H14ClN. The van der Waals surface area contributed by atoms with E-state index in [1.807, 2.05) is 32.0 Å². The van der Waals surface area contributed by atoms with E-state index < -0.39 is 0 Å². The van der Waals surface area contributed by atoms with Crippen molar-refractivity contribution in [2.24, 2.45) is 5.73 Å². The van der Waals surface area contributed by atoms with E-state index in [-0.39, 0.29) is 6.04 Å². The van der Waals surface area contributed by atoms with Crippen LogP contribution in [0.5, 0.6) is 0 Å². The largest absolute Gasteiger partial charge is 0.321 e. The minimum Gasteiger partial charge on any atom is -0.321 e. The van der Waals surface area contributed by atoms with Gasteiger partial charge in [0.25, 0.3) is 0 Å². The molecule has 1 unspecified atom stereocenters. The smallest absolute Gasteiger partial charge is 0.0520 e. The summed E-state index contributed by atoms with van der Waals surface area (Å²) in [6, 6.07) is 5.72. The van der Waals surface area contributed by atoms with Crippen LogP contribution in [-0.2, 0) is 0 Å². The summed E-state index contributed by atoms with van der Waals surface area (Å²) in [7, 11) is 0. The summed E-state index contributed by atoms with van der Waals surface area (Å²) in [6.07, 6.45) is 0. The number of benzene rings is 1. The molecule has 1 aromatic rings. The van der Waals surface area contributed by atoms with Crippen molar-refractivity contribution in [1.29, 1.82) is 0 Å². The first-order chi connectivity index (χ1) is 6.02. The number of hydrogen-bond acceptors (Lipinski definition) is 1. The van der Waals surface area contributed by atoms with E-state index in [1.54, 1.807) is 0 Å². The van der Waals surface area contributed by atoms with Gasteiger partial charge in [-0.15, -0.1) is 0 Å². The summed E-state index contributed by atoms with van der Waals surface area (Å²) in [4.78, 5) is 0. The fourth-order valence-electron chi connectivity index (χ4n) is 1.15. The predicted molar refractivity (Wildman–Crippen MR) is 57.9 cm³/mol. The van der Waals surface area contributed by atoms with Crippen LogP contribution in [0, 0.1) is 6.92 Å². The first-order valence-corrected chi connectivity index (χ1v) is 4.57. The second-order valence-corrected chi connectivity index (χ2v) is 3.76. The standard InChI is InChI=1S/C11H14ClN/c1-7(2)11(13)9-5-4-8(3)6-10(9)12/h4-6,11H,1,13H2,2-3H3. The van der Waals surface area contributed by atoms with E-state index in [0.717, 1.165) is 21.7 Å². The Morgan fingerprint density at radius 2 is 2.15 bits per heavy atom. The van der Waals surface area contributed by atoms with Gasteiger partial charge in [0, 0.05) is 5.02 Å². The molecule has 0 saturated carbocycles. The highest BCUT2D eigenvalue weighted by molar-refractivity contribution is 6.31. The molecule has 0 radical (unpaired) electrons. The fourth-order valence-corrected chi connectivity index (χ4v) is 1.50. The highest BCUT2D eigenvalue weighted by Gasteiger charge is 2.09. The highest BCUT2D eigenvalue weighted by atomic mass is 35.5. The van der Waals surface area contributed by atoms with Crippen LogP contribution in [0.2, 0.25) is 5.02 Å². The van der Waals surface area contributed by atoms with Gasteiger partial charge < -0.3 is 5.73 Å². The molecule has 0 aliphatic heterocycles. The molecule has 2 heteroatoms. The number of hydrogen-bond donors (Lipinski definition) is 1. The van der Waals surface area contributed by atoms with Crippen molar-refractivity contribution in [3.8, 4) is 0 Å². The molecule has 1 aromatic carbocycles. The predicted octanol–water partition coefficient (Wildman–Crippen LogP) is 3.22. The van der Waals surface area contributed by atoms with Crippen LogP contribution < -0.4 is 5.73 Å². The van der Waals surface area contributed by atoms with Crippen molar-refractivity contribution in [2.75, 3.05) is 0 Å². The van der Waals surface area contributed by atoms with Gasteiger partial charge in [0.05, 0.1) is 6.04 Å². The van der Waals surface area contributed by atoms with Gasteiger partial charge in [-0.1, -0.05) is 35.9 Å². The second kappa shape index (κ2) is 3.95. The molecule has 0 amide bonds. The van der Waals surface area contributed by atoms with Crippen LogP contribution >= 0.6 is 11.6 Å². The van der Waals surface area contributed by atoms with Crippen LogP contribution in [0.25, 0.3) is 0 Å². The Balaban J connectivity index is 3.08. The molecule has 13 heavy (non-hydrogen) atoms. The molecule has 1 nitrogen and oxygen atoms in total. The zero-order valence-electron chi connectivity index (χ0n) is 7.97. The van der Waals surface area contributed by atoms with Crippen LogP contribution in [0.15, 0.2) is 30.4 Å². The van der Waals surface area contributed by atoms with Crippen molar-refractivity contribution >= 4 is 11.6 Å². The third kappa shape index (κ3) is 2.33. The maximum absolute atomic E-state index is 6.05. The molecule has 0 fully saturated rings. The van der Waals surface area contributed by atoms with E-state index in [1.165, 1.54) is 0 Å². The molecular weight excluding hydrogens is 182 g/mol. The van der Waals surface area contributed by atoms with Gasteiger partial charge in [-0.05, 0) is 31.0 Å². The summed E-state index contributed by atoms with van der Waals surface area (Å²) < 4.78 is 0. The SMILES string of the molecule is C=C(C)C(N)c1ccc(C)cc1Cl. The molecule has 0 saturated heterocycles. The van der Waals surface area contributed by atoms with E-state index in [2.05, 4.69) is 6.58 Å². The van der Waals surface area contributed by atoms with Crippen LogP contribution in [0.3, 0.4) is 0 Å². The first-order valence-electron chi connectivity index (χ1n) is 4.19. The molecule has 0 aromatic heterocycles. The van der Waals surface area contributed by atoms with Crippen LogP contribution in [0.1, 0.15) is 24.1 Å². The van der Waals surface area contributed by atoms with Crippen LogP contribution in [-0.4, -0.2) is 0 Å². The molecule has 0 spiro atoms. The second-order valence-electron chi connectivity index (χ2n) is 3.35. The van der Waals surface area contributed by atoms with Gasteiger partial charge in [-0.3, -0.25) is 0 Å². The van der Waals surface area contributed by atoms with Gasteiger partial charge in [-0.2, -0.15) is 0 Å². The lowest BCUT2D eigenvalue weighted by Crippen LogP contribution is -2.11. The Morgan fingerprint density at radius 3 is 2.62 bits per heavy atom. The maximum Gasteiger partial charge on any atom is 0.0520 e. The zero-order valence-corrected chi connectivity index (χ0v) is 8.73. The lowest BCUT2D eigenvalue weighted by molar-refractivity contribution is 0.850.